The number of amides is 1. The quantitative estimate of drug-likeness (QED) is 0.612. The van der Waals surface area contributed by atoms with Crippen LogP contribution in [0.25, 0.3) is 11.1 Å². The molecule has 4 rings (SSSR count). The first kappa shape index (κ1) is 22.3. The average Bonchev–Trinajstić information content (AvgIpc) is 3.07. The van der Waals surface area contributed by atoms with Gasteiger partial charge in [0.25, 0.3) is 0 Å². The number of carbonyl (C=O) groups is 1. The zero-order valence-corrected chi connectivity index (χ0v) is 19.0. The Morgan fingerprint density at radius 3 is 2.81 bits per heavy atom. The van der Waals surface area contributed by atoms with Crippen molar-refractivity contribution < 1.29 is 17.6 Å². The second-order valence-corrected chi connectivity index (χ2v) is 10.2. The minimum atomic E-state index is -3.81. The van der Waals surface area contributed by atoms with Gasteiger partial charge in [-0.15, -0.1) is 0 Å². The molecular formula is C23H27N3O5S. The SMILES string of the molecule is Cc1cccc(CCNC(=O)C2CCCN(S(=O)(=O)c3ccc4c(c3)oc(=O)n4C)C2)c1. The van der Waals surface area contributed by atoms with E-state index in [1.54, 1.807) is 13.1 Å². The summed E-state index contributed by atoms with van der Waals surface area (Å²) in [5.74, 6) is -1.06. The number of aryl methyl sites for hydroxylation is 2. The number of aromatic nitrogens is 1. The number of oxazole rings is 1. The monoisotopic (exact) mass is 457 g/mol. The highest BCUT2D eigenvalue weighted by Gasteiger charge is 2.33. The van der Waals surface area contributed by atoms with Crippen molar-refractivity contribution in [2.45, 2.75) is 31.1 Å². The van der Waals surface area contributed by atoms with Crippen LogP contribution in [0.4, 0.5) is 0 Å². The van der Waals surface area contributed by atoms with Crippen LogP contribution in [0.15, 0.2) is 56.6 Å². The topological polar surface area (TPSA) is 102 Å². The largest absolute Gasteiger partial charge is 0.419 e. The Bertz CT molecular complexity index is 1310. The highest BCUT2D eigenvalue weighted by Crippen LogP contribution is 2.26. The van der Waals surface area contributed by atoms with E-state index < -0.39 is 21.7 Å². The molecule has 9 heteroatoms. The van der Waals surface area contributed by atoms with Crippen LogP contribution in [0, 0.1) is 12.8 Å². The number of carbonyl (C=O) groups excluding carboxylic acids is 1. The van der Waals surface area contributed by atoms with Gasteiger partial charge in [0.05, 0.1) is 16.3 Å². The minimum Gasteiger partial charge on any atom is -0.408 e. The van der Waals surface area contributed by atoms with Gasteiger partial charge in [0.2, 0.25) is 15.9 Å². The van der Waals surface area contributed by atoms with Gasteiger partial charge in [-0.2, -0.15) is 4.31 Å². The van der Waals surface area contributed by atoms with E-state index in [0.29, 0.717) is 31.4 Å². The van der Waals surface area contributed by atoms with Crippen molar-refractivity contribution in [2.75, 3.05) is 19.6 Å². The first-order chi connectivity index (χ1) is 15.3. The van der Waals surface area contributed by atoms with E-state index in [-0.39, 0.29) is 22.9 Å². The first-order valence-corrected chi connectivity index (χ1v) is 12.1. The summed E-state index contributed by atoms with van der Waals surface area (Å²) in [4.78, 5) is 24.5. The molecule has 8 nitrogen and oxygen atoms in total. The number of fused-ring (bicyclic) bond motifs is 1. The fraction of sp³-hybridized carbons (Fsp3) is 0.391. The zero-order chi connectivity index (χ0) is 22.9. The molecule has 0 saturated carbocycles. The fourth-order valence-electron chi connectivity index (χ4n) is 4.14. The highest BCUT2D eigenvalue weighted by atomic mass is 32.2. The second kappa shape index (κ2) is 8.91. The van der Waals surface area contributed by atoms with Crippen LogP contribution in [0.2, 0.25) is 0 Å². The van der Waals surface area contributed by atoms with Crippen LogP contribution in [0.1, 0.15) is 24.0 Å². The third kappa shape index (κ3) is 4.49. The van der Waals surface area contributed by atoms with Gasteiger partial charge in [0.1, 0.15) is 0 Å². The summed E-state index contributed by atoms with van der Waals surface area (Å²) in [6, 6.07) is 12.5. The van der Waals surface area contributed by atoms with Gasteiger partial charge in [-0.3, -0.25) is 9.36 Å². The van der Waals surface area contributed by atoms with Gasteiger partial charge in [0.15, 0.2) is 5.58 Å². The molecule has 1 unspecified atom stereocenters. The van der Waals surface area contributed by atoms with E-state index in [1.165, 1.54) is 26.6 Å². The average molecular weight is 458 g/mol. The molecule has 0 aliphatic carbocycles. The molecule has 170 valence electrons. The van der Waals surface area contributed by atoms with Crippen LogP contribution < -0.4 is 11.1 Å². The molecule has 1 aliphatic heterocycles. The zero-order valence-electron chi connectivity index (χ0n) is 18.2. The maximum absolute atomic E-state index is 13.2. The van der Waals surface area contributed by atoms with Crippen LogP contribution in [0.5, 0.6) is 0 Å². The first-order valence-electron chi connectivity index (χ1n) is 10.7. The Morgan fingerprint density at radius 2 is 2.03 bits per heavy atom. The van der Waals surface area contributed by atoms with Gasteiger partial charge in [-0.05, 0) is 43.9 Å². The fourth-order valence-corrected chi connectivity index (χ4v) is 5.68. The molecule has 2 heterocycles. The van der Waals surface area contributed by atoms with Crippen molar-refractivity contribution in [1.82, 2.24) is 14.2 Å². The van der Waals surface area contributed by atoms with Crippen molar-refractivity contribution in [2.24, 2.45) is 13.0 Å². The molecule has 1 saturated heterocycles. The number of rotatable bonds is 6. The third-order valence-corrected chi connectivity index (χ3v) is 7.81. The lowest BCUT2D eigenvalue weighted by molar-refractivity contribution is -0.126. The summed E-state index contributed by atoms with van der Waals surface area (Å²) < 4.78 is 34.2. The lowest BCUT2D eigenvalue weighted by Crippen LogP contribution is -2.45. The maximum Gasteiger partial charge on any atom is 0.419 e. The molecule has 0 bridgehead atoms. The van der Waals surface area contributed by atoms with E-state index in [2.05, 4.69) is 11.4 Å². The van der Waals surface area contributed by atoms with E-state index >= 15 is 0 Å². The Hall–Kier alpha value is -2.91. The van der Waals surface area contributed by atoms with Gasteiger partial charge in [-0.25, -0.2) is 13.2 Å². The molecule has 1 amide bonds. The molecule has 0 spiro atoms. The standard InChI is InChI=1S/C23H27N3O5S/c1-16-5-3-6-17(13-16)10-11-24-22(27)18-7-4-12-26(15-18)32(29,30)19-8-9-20-21(14-19)31-23(28)25(20)2/h3,5-6,8-9,13-14,18H,4,7,10-12,15H2,1-2H3,(H,24,27). The molecule has 3 aromatic rings. The van der Waals surface area contributed by atoms with Crippen LogP contribution >= 0.6 is 0 Å². The number of nitrogens with zero attached hydrogens (tertiary/aromatic N) is 2. The second-order valence-electron chi connectivity index (χ2n) is 8.29. The Balaban J connectivity index is 1.42. The molecule has 0 radical (unpaired) electrons. The number of hydrogen-bond acceptors (Lipinski definition) is 5. The molecule has 2 aromatic carbocycles. The van der Waals surface area contributed by atoms with Crippen LogP contribution in [0.3, 0.4) is 0 Å². The smallest absolute Gasteiger partial charge is 0.408 e. The lowest BCUT2D eigenvalue weighted by Gasteiger charge is -2.31. The molecule has 1 aromatic heterocycles. The predicted octanol–water partition coefficient (Wildman–Crippen LogP) is 2.20. The van der Waals surface area contributed by atoms with E-state index in [9.17, 15) is 18.0 Å². The van der Waals surface area contributed by atoms with Crippen molar-refractivity contribution in [3.05, 3.63) is 64.1 Å². The van der Waals surface area contributed by atoms with E-state index in [4.69, 9.17) is 4.42 Å². The number of nitrogens with one attached hydrogen (secondary N) is 1. The van der Waals surface area contributed by atoms with Gasteiger partial charge >= 0.3 is 5.76 Å². The molecule has 1 atom stereocenters. The predicted molar refractivity (Wildman–Crippen MR) is 121 cm³/mol. The number of hydrogen-bond donors (Lipinski definition) is 1. The normalized spacial score (nSPS) is 17.5. The molecule has 1 fully saturated rings. The van der Waals surface area contributed by atoms with Crippen LogP contribution in [-0.2, 0) is 28.3 Å². The van der Waals surface area contributed by atoms with E-state index in [0.717, 1.165) is 12.0 Å². The molecular weight excluding hydrogens is 430 g/mol. The lowest BCUT2D eigenvalue weighted by atomic mass is 9.98. The number of sulfonamides is 1. The van der Waals surface area contributed by atoms with Crippen molar-refractivity contribution in [1.29, 1.82) is 0 Å². The summed E-state index contributed by atoms with van der Waals surface area (Å²) in [6.07, 6.45) is 1.98. The van der Waals surface area contributed by atoms with Crippen molar-refractivity contribution >= 4 is 27.0 Å². The van der Waals surface area contributed by atoms with Gasteiger partial charge in [0, 0.05) is 32.7 Å². The summed E-state index contributed by atoms with van der Waals surface area (Å²) in [7, 11) is -2.25. The molecule has 1 N–H and O–H groups in total. The summed E-state index contributed by atoms with van der Waals surface area (Å²) >= 11 is 0. The van der Waals surface area contributed by atoms with Crippen molar-refractivity contribution in [3.63, 3.8) is 0 Å². The van der Waals surface area contributed by atoms with E-state index in [1.807, 2.05) is 25.1 Å². The number of benzene rings is 2. The Morgan fingerprint density at radius 1 is 1.22 bits per heavy atom. The third-order valence-electron chi connectivity index (χ3n) is 5.95. The van der Waals surface area contributed by atoms with Gasteiger partial charge < -0.3 is 9.73 Å². The summed E-state index contributed by atoms with van der Waals surface area (Å²) in [5.41, 5.74) is 3.08. The van der Waals surface area contributed by atoms with Crippen LogP contribution in [-0.4, -0.2) is 42.8 Å². The Kier molecular flexibility index (Phi) is 6.21. The molecule has 32 heavy (non-hydrogen) atoms. The summed E-state index contributed by atoms with van der Waals surface area (Å²) in [5, 5.41) is 2.95. The summed E-state index contributed by atoms with van der Waals surface area (Å²) in [6.45, 7) is 3.03. The minimum absolute atomic E-state index is 0.0554. The molecule has 1 aliphatic rings. The van der Waals surface area contributed by atoms with Gasteiger partial charge in [-0.1, -0.05) is 29.8 Å². The van der Waals surface area contributed by atoms with Crippen molar-refractivity contribution in [3.8, 4) is 0 Å². The maximum atomic E-state index is 13.2. The highest BCUT2D eigenvalue weighted by molar-refractivity contribution is 7.89. The Labute approximate surface area is 186 Å². The number of piperidine rings is 1.